The zero-order valence-corrected chi connectivity index (χ0v) is 12.1. The van der Waals surface area contributed by atoms with E-state index in [0.29, 0.717) is 11.5 Å². The number of nitrogens with zero attached hydrogens (tertiary/aromatic N) is 1. The van der Waals surface area contributed by atoms with E-state index in [0.717, 1.165) is 19.3 Å². The average molecular weight is 327 g/mol. The summed E-state index contributed by atoms with van der Waals surface area (Å²) in [5.74, 6) is 0.311. The molecule has 1 aliphatic carbocycles. The van der Waals surface area contributed by atoms with Gasteiger partial charge in [0.15, 0.2) is 0 Å². The average Bonchev–Trinajstić information content (AvgIpc) is 3.07. The summed E-state index contributed by atoms with van der Waals surface area (Å²) in [6.07, 6.45) is 3.23. The van der Waals surface area contributed by atoms with Gasteiger partial charge in [0.05, 0.1) is 10.5 Å². The number of hydrogen-bond donors (Lipinski definition) is 1. The molecule has 0 spiro atoms. The number of amides is 1. The first-order valence-corrected chi connectivity index (χ1v) is 7.07. The summed E-state index contributed by atoms with van der Waals surface area (Å²) in [5, 5.41) is 13.7. The monoisotopic (exact) mass is 326 g/mol. The van der Waals surface area contributed by atoms with Crippen LogP contribution in [0.2, 0.25) is 0 Å². The van der Waals surface area contributed by atoms with E-state index >= 15 is 0 Å². The minimum absolute atomic E-state index is 0.0893. The van der Waals surface area contributed by atoms with Crippen molar-refractivity contribution >= 4 is 27.5 Å². The van der Waals surface area contributed by atoms with Gasteiger partial charge in [-0.25, -0.2) is 0 Å². The van der Waals surface area contributed by atoms with Crippen LogP contribution in [0.4, 0.5) is 5.69 Å². The Hall–Kier alpha value is -1.43. The van der Waals surface area contributed by atoms with Crippen LogP contribution in [0.25, 0.3) is 0 Å². The minimum atomic E-state index is -0.502. The van der Waals surface area contributed by atoms with Crippen molar-refractivity contribution in [2.45, 2.75) is 32.2 Å². The first kappa shape index (κ1) is 14.0. The highest BCUT2D eigenvalue weighted by molar-refractivity contribution is 9.10. The molecule has 0 bridgehead atoms. The van der Waals surface area contributed by atoms with Gasteiger partial charge < -0.3 is 5.32 Å². The molecule has 1 fully saturated rings. The maximum atomic E-state index is 12.1. The molecule has 0 aliphatic heterocycles. The number of halogens is 1. The minimum Gasteiger partial charge on any atom is -0.349 e. The van der Waals surface area contributed by atoms with Gasteiger partial charge >= 0.3 is 0 Å². The van der Waals surface area contributed by atoms with Gasteiger partial charge in [-0.05, 0) is 40.8 Å². The van der Waals surface area contributed by atoms with Gasteiger partial charge in [0, 0.05) is 12.1 Å². The molecule has 2 atom stereocenters. The van der Waals surface area contributed by atoms with Crippen LogP contribution in [0.1, 0.15) is 36.5 Å². The Morgan fingerprint density at radius 1 is 1.58 bits per heavy atom. The lowest BCUT2D eigenvalue weighted by Gasteiger charge is -2.06. The molecule has 1 saturated carbocycles. The van der Waals surface area contributed by atoms with Crippen LogP contribution < -0.4 is 5.32 Å². The summed E-state index contributed by atoms with van der Waals surface area (Å²) in [6, 6.07) is 4.70. The number of nitro benzene ring substituents is 1. The topological polar surface area (TPSA) is 72.2 Å². The smallest absolute Gasteiger partial charge is 0.284 e. The van der Waals surface area contributed by atoms with E-state index in [1.54, 1.807) is 6.07 Å². The molecule has 0 radical (unpaired) electrons. The summed E-state index contributed by atoms with van der Waals surface area (Å²) in [5.41, 5.74) is 0.227. The molecule has 1 aliphatic rings. The highest BCUT2D eigenvalue weighted by atomic mass is 79.9. The molecule has 2 rings (SSSR count). The molecule has 6 heteroatoms. The van der Waals surface area contributed by atoms with Gasteiger partial charge in [0.2, 0.25) is 0 Å². The zero-order chi connectivity index (χ0) is 14.0. The van der Waals surface area contributed by atoms with Crippen molar-refractivity contribution in [1.82, 2.24) is 5.32 Å². The Kier molecular flexibility index (Phi) is 4.19. The number of carbonyl (C=O) groups is 1. The van der Waals surface area contributed by atoms with E-state index in [-0.39, 0.29) is 22.1 Å². The molecule has 1 N–H and O–H groups in total. The van der Waals surface area contributed by atoms with Gasteiger partial charge in [0.25, 0.3) is 11.6 Å². The number of carbonyl (C=O) groups excluding carboxylic acids is 1. The first-order chi connectivity index (χ1) is 9.04. The second kappa shape index (κ2) is 5.69. The number of hydrogen-bond acceptors (Lipinski definition) is 3. The van der Waals surface area contributed by atoms with Crippen molar-refractivity contribution in [3.63, 3.8) is 0 Å². The van der Waals surface area contributed by atoms with E-state index in [9.17, 15) is 14.9 Å². The predicted octanol–water partition coefficient (Wildman–Crippen LogP) is 3.28. The number of nitrogens with one attached hydrogen (secondary N) is 1. The van der Waals surface area contributed by atoms with E-state index in [2.05, 4.69) is 28.2 Å². The molecular formula is C13H15BrN2O3. The van der Waals surface area contributed by atoms with Crippen LogP contribution in [0.3, 0.4) is 0 Å². The van der Waals surface area contributed by atoms with Gasteiger partial charge in [-0.2, -0.15) is 0 Å². The fraction of sp³-hybridized carbons (Fsp3) is 0.462. The molecule has 102 valence electrons. The van der Waals surface area contributed by atoms with E-state index in [4.69, 9.17) is 0 Å². The molecule has 0 aromatic heterocycles. The maximum Gasteiger partial charge on any atom is 0.284 e. The Labute approximate surface area is 119 Å². The van der Waals surface area contributed by atoms with Crippen LogP contribution in [-0.2, 0) is 0 Å². The third-order valence-electron chi connectivity index (χ3n) is 3.32. The van der Waals surface area contributed by atoms with Crippen molar-refractivity contribution in [3.05, 3.63) is 38.3 Å². The summed E-state index contributed by atoms with van der Waals surface area (Å²) in [6.45, 7) is 2.12. The van der Waals surface area contributed by atoms with Crippen LogP contribution in [0.15, 0.2) is 22.7 Å². The van der Waals surface area contributed by atoms with Crippen molar-refractivity contribution < 1.29 is 9.72 Å². The predicted molar refractivity (Wildman–Crippen MR) is 75.1 cm³/mol. The van der Waals surface area contributed by atoms with Gasteiger partial charge in [-0.1, -0.05) is 19.4 Å². The lowest BCUT2D eigenvalue weighted by Crippen LogP contribution is -2.27. The summed E-state index contributed by atoms with van der Waals surface area (Å²) < 4.78 is 0.241. The molecule has 19 heavy (non-hydrogen) atoms. The third kappa shape index (κ3) is 3.12. The Morgan fingerprint density at radius 2 is 2.32 bits per heavy atom. The van der Waals surface area contributed by atoms with Crippen LogP contribution in [0.5, 0.6) is 0 Å². The standard InChI is InChI=1S/C13H15BrN2O3/c1-2-4-8-7-10(8)15-13(17)9-5-3-6-11(12(9)14)16(18)19/h3,5-6,8,10H,2,4,7H2,1H3,(H,15,17). The maximum absolute atomic E-state index is 12.1. The van der Waals surface area contributed by atoms with Crippen molar-refractivity contribution in [1.29, 1.82) is 0 Å². The van der Waals surface area contributed by atoms with Crippen LogP contribution in [-0.4, -0.2) is 16.9 Å². The lowest BCUT2D eigenvalue weighted by molar-refractivity contribution is -0.385. The largest absolute Gasteiger partial charge is 0.349 e. The third-order valence-corrected chi connectivity index (χ3v) is 4.15. The fourth-order valence-electron chi connectivity index (χ4n) is 2.20. The van der Waals surface area contributed by atoms with Crippen LogP contribution in [0, 0.1) is 16.0 Å². The summed E-state index contributed by atoms with van der Waals surface area (Å²) in [4.78, 5) is 22.4. The van der Waals surface area contributed by atoms with E-state index in [1.165, 1.54) is 12.1 Å². The zero-order valence-electron chi connectivity index (χ0n) is 10.6. The molecule has 1 amide bonds. The highest BCUT2D eigenvalue weighted by Crippen LogP contribution is 2.35. The Balaban J connectivity index is 2.08. The summed E-state index contributed by atoms with van der Waals surface area (Å²) >= 11 is 3.14. The van der Waals surface area contributed by atoms with Crippen LogP contribution >= 0.6 is 15.9 Å². The number of rotatable bonds is 5. The lowest BCUT2D eigenvalue weighted by atomic mass is 10.2. The number of nitro groups is 1. The van der Waals surface area contributed by atoms with Gasteiger partial charge in [-0.3, -0.25) is 14.9 Å². The summed E-state index contributed by atoms with van der Waals surface area (Å²) in [7, 11) is 0. The second-order valence-electron chi connectivity index (χ2n) is 4.76. The van der Waals surface area contributed by atoms with E-state index in [1.807, 2.05) is 0 Å². The van der Waals surface area contributed by atoms with Crippen molar-refractivity contribution in [2.75, 3.05) is 0 Å². The quantitative estimate of drug-likeness (QED) is 0.666. The van der Waals surface area contributed by atoms with Crippen molar-refractivity contribution in [3.8, 4) is 0 Å². The Morgan fingerprint density at radius 3 is 2.95 bits per heavy atom. The molecule has 0 saturated heterocycles. The molecule has 0 heterocycles. The highest BCUT2D eigenvalue weighted by Gasteiger charge is 2.37. The first-order valence-electron chi connectivity index (χ1n) is 6.28. The number of benzene rings is 1. The second-order valence-corrected chi connectivity index (χ2v) is 5.55. The molecule has 1 aromatic carbocycles. The fourth-order valence-corrected chi connectivity index (χ4v) is 2.79. The van der Waals surface area contributed by atoms with Crippen molar-refractivity contribution in [2.24, 2.45) is 5.92 Å². The van der Waals surface area contributed by atoms with E-state index < -0.39 is 4.92 Å². The normalized spacial score (nSPS) is 20.9. The Bertz CT molecular complexity index is 519. The molecule has 5 nitrogen and oxygen atoms in total. The molecule has 1 aromatic rings. The van der Waals surface area contributed by atoms with Gasteiger partial charge in [-0.15, -0.1) is 0 Å². The molecule has 2 unspecified atom stereocenters. The van der Waals surface area contributed by atoms with Gasteiger partial charge in [0.1, 0.15) is 4.47 Å². The SMILES string of the molecule is CCCC1CC1NC(=O)c1cccc([N+](=O)[O-])c1Br. The molecular weight excluding hydrogens is 312 g/mol.